The first-order valence-electron chi connectivity index (χ1n) is 9.86. The summed E-state index contributed by atoms with van der Waals surface area (Å²) in [6.45, 7) is 5.67. The molecular weight excluding hydrogens is 386 g/mol. The van der Waals surface area contributed by atoms with Crippen molar-refractivity contribution < 1.29 is 22.3 Å². The highest BCUT2D eigenvalue weighted by atomic mass is 32.2. The number of nitrogens with zero attached hydrogens (tertiary/aromatic N) is 1. The third-order valence-electron chi connectivity index (χ3n) is 4.59. The van der Waals surface area contributed by atoms with Gasteiger partial charge in [0.25, 0.3) is 0 Å². The summed E-state index contributed by atoms with van der Waals surface area (Å²) >= 11 is 0. The van der Waals surface area contributed by atoms with Gasteiger partial charge in [-0.15, -0.1) is 0 Å². The van der Waals surface area contributed by atoms with Crippen LogP contribution in [-0.4, -0.2) is 50.2 Å². The Morgan fingerprint density at radius 2 is 1.71 bits per heavy atom. The smallest absolute Gasteiger partial charge is 0.245 e. The maximum Gasteiger partial charge on any atom is 0.245 e. The van der Waals surface area contributed by atoms with Crippen LogP contribution in [0.5, 0.6) is 0 Å². The van der Waals surface area contributed by atoms with E-state index in [1.165, 1.54) is 0 Å². The van der Waals surface area contributed by atoms with Crippen LogP contribution in [0.2, 0.25) is 0 Å². The molecule has 0 aliphatic carbocycles. The van der Waals surface area contributed by atoms with Gasteiger partial charge >= 0.3 is 0 Å². The van der Waals surface area contributed by atoms with Crippen molar-refractivity contribution in [1.82, 2.24) is 4.90 Å². The van der Waals surface area contributed by atoms with Crippen LogP contribution < -0.4 is 4.72 Å². The fraction of sp³-hybridized carbons (Fsp3) is 0.700. The highest BCUT2D eigenvalue weighted by Crippen LogP contribution is 2.22. The lowest BCUT2D eigenvalue weighted by atomic mass is 10.0. The number of hydrogen-bond acceptors (Lipinski definition) is 4. The maximum atomic E-state index is 12.8. The molecule has 1 unspecified atom stereocenters. The van der Waals surface area contributed by atoms with Crippen molar-refractivity contribution in [3.05, 3.63) is 29.8 Å². The molecule has 1 atom stereocenters. The average molecular weight is 421 g/mol. The summed E-state index contributed by atoms with van der Waals surface area (Å²) in [5.74, 6) is -2.57. The summed E-state index contributed by atoms with van der Waals surface area (Å²) in [6.07, 6.45) is 4.13. The third kappa shape index (κ3) is 11.6. The molecule has 0 aliphatic heterocycles. The molecule has 2 N–H and O–H groups in total. The molecule has 1 rings (SSSR count). The van der Waals surface area contributed by atoms with Gasteiger partial charge in [0.2, 0.25) is 15.9 Å². The van der Waals surface area contributed by atoms with Gasteiger partial charge in [-0.05, 0) is 69.9 Å². The highest BCUT2D eigenvalue weighted by molar-refractivity contribution is 7.92. The van der Waals surface area contributed by atoms with E-state index in [0.717, 1.165) is 57.6 Å². The van der Waals surface area contributed by atoms with Gasteiger partial charge in [-0.25, -0.2) is 17.2 Å². The van der Waals surface area contributed by atoms with E-state index in [0.29, 0.717) is 18.5 Å². The number of alkyl halides is 2. The second-order valence-electron chi connectivity index (χ2n) is 7.47. The Bertz CT molecular complexity index is 661. The van der Waals surface area contributed by atoms with Gasteiger partial charge in [0.15, 0.2) is 0 Å². The van der Waals surface area contributed by atoms with Crippen LogP contribution in [0.3, 0.4) is 0 Å². The first-order chi connectivity index (χ1) is 13.0. The number of hydrogen-bond donors (Lipinski definition) is 2. The Hall–Kier alpha value is -1.25. The third-order valence-corrected chi connectivity index (χ3v) is 5.19. The molecule has 0 fully saturated rings. The molecule has 0 saturated carbocycles. The minimum atomic E-state index is -3.31. The lowest BCUT2D eigenvalue weighted by molar-refractivity contribution is 0.0102. The Kier molecular flexibility index (Phi) is 10.3. The summed E-state index contributed by atoms with van der Waals surface area (Å²) in [5.41, 5.74) is 1.22. The summed E-state index contributed by atoms with van der Waals surface area (Å²) in [5, 5.41) is 10.3. The zero-order valence-corrected chi connectivity index (χ0v) is 17.9. The lowest BCUT2D eigenvalue weighted by Gasteiger charge is -2.21. The molecule has 0 bridgehead atoms. The molecule has 1 aromatic rings. The quantitative estimate of drug-likeness (QED) is 0.438. The van der Waals surface area contributed by atoms with Crippen molar-refractivity contribution in [3.63, 3.8) is 0 Å². The number of aliphatic hydroxyl groups excluding tert-OH is 1. The molecule has 5 nitrogen and oxygen atoms in total. The summed E-state index contributed by atoms with van der Waals surface area (Å²) < 4.78 is 50.4. The van der Waals surface area contributed by atoms with Gasteiger partial charge in [0.1, 0.15) is 0 Å². The number of halogens is 2. The molecule has 0 saturated heterocycles. The fourth-order valence-electron chi connectivity index (χ4n) is 3.04. The van der Waals surface area contributed by atoms with Gasteiger partial charge < -0.3 is 10.0 Å². The minimum Gasteiger partial charge on any atom is -0.388 e. The Balaban J connectivity index is 2.30. The molecule has 8 heteroatoms. The van der Waals surface area contributed by atoms with Crippen LogP contribution in [0, 0.1) is 0 Å². The van der Waals surface area contributed by atoms with Gasteiger partial charge in [-0.1, -0.05) is 25.5 Å². The number of rotatable bonds is 14. The lowest BCUT2D eigenvalue weighted by Crippen LogP contribution is -2.26. The van der Waals surface area contributed by atoms with Crippen LogP contribution >= 0.6 is 0 Å². The Morgan fingerprint density at radius 1 is 1.11 bits per heavy atom. The molecular formula is C20H34F2N2O3S. The molecule has 0 aliphatic rings. The van der Waals surface area contributed by atoms with Crippen LogP contribution in [-0.2, 0) is 10.0 Å². The summed E-state index contributed by atoms with van der Waals surface area (Å²) in [6, 6.07) is 6.72. The van der Waals surface area contributed by atoms with Crippen molar-refractivity contribution in [2.45, 2.75) is 64.4 Å². The zero-order chi connectivity index (χ0) is 21.2. The molecule has 0 heterocycles. The summed E-state index contributed by atoms with van der Waals surface area (Å²) in [7, 11) is -3.31. The first-order valence-corrected chi connectivity index (χ1v) is 11.8. The monoisotopic (exact) mass is 420 g/mol. The van der Waals surface area contributed by atoms with E-state index in [4.69, 9.17) is 0 Å². The predicted molar refractivity (Wildman–Crippen MR) is 110 cm³/mol. The van der Waals surface area contributed by atoms with Crippen molar-refractivity contribution in [1.29, 1.82) is 0 Å². The van der Waals surface area contributed by atoms with Crippen LogP contribution in [0.4, 0.5) is 14.5 Å². The van der Waals surface area contributed by atoms with E-state index < -0.39 is 22.0 Å². The maximum absolute atomic E-state index is 12.8. The molecule has 0 spiro atoms. The van der Waals surface area contributed by atoms with Gasteiger partial charge in [0, 0.05) is 12.1 Å². The van der Waals surface area contributed by atoms with E-state index in [9.17, 15) is 22.3 Å². The second kappa shape index (κ2) is 11.7. The number of sulfonamides is 1. The van der Waals surface area contributed by atoms with Gasteiger partial charge in [0.05, 0.1) is 12.4 Å². The molecule has 0 amide bonds. The van der Waals surface area contributed by atoms with E-state index >= 15 is 0 Å². The Labute approximate surface area is 168 Å². The average Bonchev–Trinajstić information content (AvgIpc) is 2.58. The zero-order valence-electron chi connectivity index (χ0n) is 17.1. The molecule has 162 valence electrons. The number of aliphatic hydroxyl groups is 1. The molecule has 1 aromatic carbocycles. The Morgan fingerprint density at radius 3 is 2.25 bits per heavy atom. The largest absolute Gasteiger partial charge is 0.388 e. The SMILES string of the molecule is CCN(CCCCCC(C)(F)F)CCCC(O)c1ccc(NS(C)(=O)=O)cc1. The number of benzene rings is 1. The van der Waals surface area contributed by atoms with Crippen LogP contribution in [0.1, 0.15) is 64.0 Å². The highest BCUT2D eigenvalue weighted by Gasteiger charge is 2.19. The molecule has 28 heavy (non-hydrogen) atoms. The topological polar surface area (TPSA) is 69.6 Å². The standard InChI is InChI=1S/C20H34F2N2O3S/c1-4-24(15-7-5-6-14-20(2,21)22)16-8-9-19(25)17-10-12-18(13-11-17)23-28(3,26)27/h10-13,19,23,25H,4-9,14-16H2,1-3H3. The first kappa shape index (κ1) is 24.8. The van der Waals surface area contributed by atoms with Crippen LogP contribution in [0.15, 0.2) is 24.3 Å². The normalized spacial score (nSPS) is 13.7. The number of nitrogens with one attached hydrogen (secondary N) is 1. The minimum absolute atomic E-state index is 0.0518. The van der Waals surface area contributed by atoms with Crippen molar-refractivity contribution in [2.24, 2.45) is 0 Å². The van der Waals surface area contributed by atoms with E-state index in [1.54, 1.807) is 24.3 Å². The molecule has 0 aromatic heterocycles. The van der Waals surface area contributed by atoms with E-state index in [1.807, 2.05) is 0 Å². The number of anilines is 1. The van der Waals surface area contributed by atoms with Crippen molar-refractivity contribution in [3.8, 4) is 0 Å². The van der Waals surface area contributed by atoms with Crippen molar-refractivity contribution in [2.75, 3.05) is 30.6 Å². The van der Waals surface area contributed by atoms with Crippen LogP contribution in [0.25, 0.3) is 0 Å². The summed E-state index contributed by atoms with van der Waals surface area (Å²) in [4.78, 5) is 2.27. The van der Waals surface area contributed by atoms with E-state index in [2.05, 4.69) is 16.5 Å². The second-order valence-corrected chi connectivity index (χ2v) is 9.22. The number of unbranched alkanes of at least 4 members (excludes halogenated alkanes) is 2. The van der Waals surface area contributed by atoms with Gasteiger partial charge in [-0.3, -0.25) is 4.72 Å². The molecule has 0 radical (unpaired) electrons. The van der Waals surface area contributed by atoms with E-state index in [-0.39, 0.29) is 6.42 Å². The van der Waals surface area contributed by atoms with Crippen molar-refractivity contribution >= 4 is 15.7 Å². The predicted octanol–water partition coefficient (Wildman–Crippen LogP) is 4.41. The van der Waals surface area contributed by atoms with Gasteiger partial charge in [-0.2, -0.15) is 0 Å². The fourth-order valence-corrected chi connectivity index (χ4v) is 3.60.